The number of rotatable bonds is 5. The van der Waals surface area contributed by atoms with Gasteiger partial charge in [0.2, 0.25) is 5.91 Å². The van der Waals surface area contributed by atoms with E-state index in [0.29, 0.717) is 5.56 Å². The van der Waals surface area contributed by atoms with Gasteiger partial charge in [0, 0.05) is 28.7 Å². The first-order valence-electron chi connectivity index (χ1n) is 9.63. The molecule has 2 aromatic rings. The highest BCUT2D eigenvalue weighted by Gasteiger charge is 2.36. The molecule has 8 nitrogen and oxygen atoms in total. The molecular formula is C22H22BrN3O5. The van der Waals surface area contributed by atoms with Gasteiger partial charge in [-0.1, -0.05) is 28.1 Å². The summed E-state index contributed by atoms with van der Waals surface area (Å²) in [6.07, 6.45) is 0.0220. The van der Waals surface area contributed by atoms with Crippen LogP contribution in [0.4, 0.5) is 5.69 Å². The summed E-state index contributed by atoms with van der Waals surface area (Å²) in [6, 6.07) is 12.4. The molecule has 0 bridgehead atoms. The molecule has 1 aliphatic rings. The van der Waals surface area contributed by atoms with Gasteiger partial charge in [0.25, 0.3) is 11.8 Å². The quantitative estimate of drug-likeness (QED) is 0.497. The first-order valence-corrected chi connectivity index (χ1v) is 10.4. The second-order valence-electron chi connectivity index (χ2n) is 7.31. The highest BCUT2D eigenvalue weighted by Crippen LogP contribution is 2.29. The van der Waals surface area contributed by atoms with Crippen molar-refractivity contribution in [3.8, 4) is 0 Å². The van der Waals surface area contributed by atoms with Crippen molar-refractivity contribution in [1.82, 2.24) is 10.9 Å². The Kier molecular flexibility index (Phi) is 7.06. The van der Waals surface area contributed by atoms with Crippen LogP contribution < -0.4 is 15.8 Å². The van der Waals surface area contributed by atoms with Crippen molar-refractivity contribution in [2.75, 3.05) is 18.1 Å². The monoisotopic (exact) mass is 487 g/mol. The molecule has 9 heteroatoms. The summed E-state index contributed by atoms with van der Waals surface area (Å²) < 4.78 is 5.86. The van der Waals surface area contributed by atoms with Crippen molar-refractivity contribution in [2.24, 2.45) is 5.92 Å². The number of nitrogens with one attached hydrogen (secondary N) is 2. The summed E-state index contributed by atoms with van der Waals surface area (Å²) >= 11 is 3.27. The molecular weight excluding hydrogens is 466 g/mol. The van der Waals surface area contributed by atoms with E-state index < -0.39 is 30.3 Å². The highest BCUT2D eigenvalue weighted by atomic mass is 79.9. The van der Waals surface area contributed by atoms with Crippen molar-refractivity contribution in [3.05, 3.63) is 63.6 Å². The Labute approximate surface area is 188 Å². The first-order chi connectivity index (χ1) is 14.7. The number of carbonyl (C=O) groups is 4. The van der Waals surface area contributed by atoms with Crippen LogP contribution in [-0.2, 0) is 19.1 Å². The zero-order chi connectivity index (χ0) is 22.5. The number of amides is 3. The van der Waals surface area contributed by atoms with Gasteiger partial charge in [-0.15, -0.1) is 0 Å². The minimum absolute atomic E-state index is 0.0220. The van der Waals surface area contributed by atoms with Crippen LogP contribution in [0.2, 0.25) is 0 Å². The predicted molar refractivity (Wildman–Crippen MR) is 117 cm³/mol. The number of aryl methyl sites for hydroxylation is 2. The average Bonchev–Trinajstić information content (AvgIpc) is 3.14. The van der Waals surface area contributed by atoms with Gasteiger partial charge in [0.05, 0.1) is 5.92 Å². The maximum absolute atomic E-state index is 12.4. The molecule has 1 aliphatic heterocycles. The molecule has 0 radical (unpaired) electrons. The molecule has 0 saturated carbocycles. The summed E-state index contributed by atoms with van der Waals surface area (Å²) in [5.74, 6) is -2.64. The van der Waals surface area contributed by atoms with Crippen LogP contribution >= 0.6 is 15.9 Å². The summed E-state index contributed by atoms with van der Waals surface area (Å²) in [6.45, 7) is 3.47. The lowest BCUT2D eigenvalue weighted by Gasteiger charge is -2.19. The largest absolute Gasteiger partial charge is 0.455 e. The maximum Gasteiger partial charge on any atom is 0.311 e. The van der Waals surface area contributed by atoms with Crippen LogP contribution in [0.3, 0.4) is 0 Å². The second-order valence-corrected chi connectivity index (χ2v) is 8.23. The summed E-state index contributed by atoms with van der Waals surface area (Å²) in [7, 11) is 0. The number of anilines is 1. The van der Waals surface area contributed by atoms with Crippen molar-refractivity contribution in [2.45, 2.75) is 20.3 Å². The zero-order valence-corrected chi connectivity index (χ0v) is 18.7. The van der Waals surface area contributed by atoms with Gasteiger partial charge in [0.15, 0.2) is 6.61 Å². The number of nitrogens with zero attached hydrogens (tertiary/aromatic N) is 1. The van der Waals surface area contributed by atoms with Crippen molar-refractivity contribution in [1.29, 1.82) is 0 Å². The Morgan fingerprint density at radius 1 is 1.10 bits per heavy atom. The lowest BCUT2D eigenvalue weighted by atomic mass is 10.1. The van der Waals surface area contributed by atoms with Crippen molar-refractivity contribution in [3.63, 3.8) is 0 Å². The molecule has 3 amide bonds. The van der Waals surface area contributed by atoms with Gasteiger partial charge in [-0.05, 0) is 55.3 Å². The van der Waals surface area contributed by atoms with Gasteiger partial charge in [0.1, 0.15) is 0 Å². The fraction of sp³-hybridized carbons (Fsp3) is 0.273. The van der Waals surface area contributed by atoms with Crippen LogP contribution in [0.25, 0.3) is 0 Å². The molecule has 0 aromatic heterocycles. The Morgan fingerprint density at radius 3 is 2.52 bits per heavy atom. The Balaban J connectivity index is 1.47. The van der Waals surface area contributed by atoms with E-state index in [1.165, 1.54) is 0 Å². The summed E-state index contributed by atoms with van der Waals surface area (Å²) in [4.78, 5) is 50.2. The van der Waals surface area contributed by atoms with Gasteiger partial charge in [-0.3, -0.25) is 30.0 Å². The Hall–Kier alpha value is -3.20. The number of benzene rings is 2. The molecule has 1 atom stereocenters. The van der Waals surface area contributed by atoms with Crippen LogP contribution in [-0.4, -0.2) is 36.8 Å². The van der Waals surface area contributed by atoms with Crippen molar-refractivity contribution < 1.29 is 23.9 Å². The van der Waals surface area contributed by atoms with E-state index in [1.807, 2.05) is 32.0 Å². The van der Waals surface area contributed by atoms with E-state index in [1.54, 1.807) is 29.2 Å². The van der Waals surface area contributed by atoms with Crippen LogP contribution in [0.5, 0.6) is 0 Å². The van der Waals surface area contributed by atoms with Crippen LogP contribution in [0.1, 0.15) is 27.9 Å². The molecule has 162 valence electrons. The second kappa shape index (κ2) is 9.74. The van der Waals surface area contributed by atoms with E-state index in [2.05, 4.69) is 26.8 Å². The summed E-state index contributed by atoms with van der Waals surface area (Å²) in [5.41, 5.74) is 7.53. The standard InChI is InChI=1S/C22H22BrN3O5/c1-13-3-4-14(2)18(9-13)26-11-16(10-20(26)28)22(30)31-12-19(27)24-25-21(29)15-5-7-17(23)8-6-15/h3-9,16H,10-12H2,1-2H3,(H,24,27)(H,25,29)/t16-/m1/s1. The topological polar surface area (TPSA) is 105 Å². The van der Waals surface area contributed by atoms with Crippen molar-refractivity contribution >= 4 is 45.3 Å². The fourth-order valence-corrected chi connectivity index (χ4v) is 3.46. The molecule has 2 N–H and O–H groups in total. The molecule has 3 rings (SSSR count). The molecule has 0 unspecified atom stereocenters. The predicted octanol–water partition coefficient (Wildman–Crippen LogP) is 2.42. The fourth-order valence-electron chi connectivity index (χ4n) is 3.20. The third-order valence-corrected chi connectivity index (χ3v) is 5.41. The molecule has 0 spiro atoms. The van der Waals surface area contributed by atoms with Crippen LogP contribution in [0.15, 0.2) is 46.9 Å². The SMILES string of the molecule is Cc1ccc(C)c(N2C[C@H](C(=O)OCC(=O)NNC(=O)c3ccc(Br)cc3)CC2=O)c1. The minimum Gasteiger partial charge on any atom is -0.455 e. The van der Waals surface area contributed by atoms with Crippen LogP contribution in [0, 0.1) is 19.8 Å². The Morgan fingerprint density at radius 2 is 1.81 bits per heavy atom. The number of esters is 1. The van der Waals surface area contributed by atoms with E-state index in [4.69, 9.17) is 4.74 Å². The molecule has 1 fully saturated rings. The van der Waals surface area contributed by atoms with Gasteiger partial charge < -0.3 is 9.64 Å². The maximum atomic E-state index is 12.4. The average molecular weight is 488 g/mol. The first kappa shape index (κ1) is 22.5. The molecule has 1 heterocycles. The minimum atomic E-state index is -0.686. The third-order valence-electron chi connectivity index (χ3n) is 4.88. The van der Waals surface area contributed by atoms with Gasteiger partial charge in [-0.2, -0.15) is 0 Å². The number of hydrogen-bond acceptors (Lipinski definition) is 5. The number of hydrogen-bond donors (Lipinski definition) is 2. The number of carbonyl (C=O) groups excluding carboxylic acids is 4. The third kappa shape index (κ3) is 5.69. The molecule has 1 saturated heterocycles. The van der Waals surface area contributed by atoms with E-state index >= 15 is 0 Å². The van der Waals surface area contributed by atoms with E-state index in [0.717, 1.165) is 21.3 Å². The number of halogens is 1. The van der Waals surface area contributed by atoms with Gasteiger partial charge >= 0.3 is 5.97 Å². The highest BCUT2D eigenvalue weighted by molar-refractivity contribution is 9.10. The normalized spacial score (nSPS) is 15.5. The zero-order valence-electron chi connectivity index (χ0n) is 17.1. The van der Waals surface area contributed by atoms with E-state index in [9.17, 15) is 19.2 Å². The lowest BCUT2D eigenvalue weighted by Crippen LogP contribution is -2.43. The molecule has 0 aliphatic carbocycles. The number of hydrazine groups is 1. The Bertz CT molecular complexity index is 1020. The van der Waals surface area contributed by atoms with Gasteiger partial charge in [-0.25, -0.2) is 0 Å². The summed E-state index contributed by atoms with van der Waals surface area (Å²) in [5, 5.41) is 0. The molecule has 31 heavy (non-hydrogen) atoms. The van der Waals surface area contributed by atoms with E-state index in [-0.39, 0.29) is 18.9 Å². The molecule has 2 aromatic carbocycles. The number of ether oxygens (including phenoxy) is 1. The lowest BCUT2D eigenvalue weighted by molar-refractivity contribution is -0.152. The smallest absolute Gasteiger partial charge is 0.311 e.